The van der Waals surface area contributed by atoms with Crippen LogP contribution < -0.4 is 14.5 Å². The minimum absolute atomic E-state index is 0.688. The second-order valence-electron chi connectivity index (χ2n) is 11.1. The molecule has 0 bridgehead atoms. The Hall–Kier alpha value is -2.34. The second-order valence-corrected chi connectivity index (χ2v) is 12.2. The topological polar surface area (TPSA) is 53.0 Å². The molecule has 2 aromatic rings. The maximum Gasteiger partial charge on any atom is 0.416 e. The van der Waals surface area contributed by atoms with Gasteiger partial charge in [0.2, 0.25) is 0 Å². The zero-order valence-corrected chi connectivity index (χ0v) is 26.1. The van der Waals surface area contributed by atoms with Gasteiger partial charge >= 0.3 is 6.09 Å². The maximum atomic E-state index is 12.3. The largest absolute Gasteiger partial charge is 0.497 e. The first-order chi connectivity index (χ1) is 19.6. The lowest BCUT2D eigenvalue weighted by molar-refractivity contribution is 0.204. The Morgan fingerprint density at radius 2 is 1.20 bits per heavy atom. The number of fused-ring (bicyclic) bond motifs is 2. The summed E-state index contributed by atoms with van der Waals surface area (Å²) in [5.74, 6) is 0.738. The molecule has 40 heavy (non-hydrogen) atoms. The molecule has 2 aromatic carbocycles. The molecule has 5 nitrogen and oxygen atoms in total. The van der Waals surface area contributed by atoms with Gasteiger partial charge in [-0.2, -0.15) is 0 Å². The van der Waals surface area contributed by atoms with Crippen LogP contribution in [0, 0.1) is 0 Å². The van der Waals surface area contributed by atoms with Crippen molar-refractivity contribution in [2.24, 2.45) is 0 Å². The van der Waals surface area contributed by atoms with Crippen LogP contribution in [0.3, 0.4) is 0 Å². The Kier molecular flexibility index (Phi) is 14.6. The Bertz CT molecular complexity index is 1010. The highest BCUT2D eigenvalue weighted by Crippen LogP contribution is 2.50. The molecule has 1 aliphatic rings. The fourth-order valence-electron chi connectivity index (χ4n) is 5.55. The molecule has 0 spiro atoms. The number of hydrogen-bond acceptors (Lipinski definition) is 4. The first-order valence-electron chi connectivity index (χ1n) is 15.9. The van der Waals surface area contributed by atoms with E-state index >= 15 is 0 Å². The lowest BCUT2D eigenvalue weighted by Crippen LogP contribution is -2.28. The molecular formula is C34H52N2O3S. The monoisotopic (exact) mass is 568 g/mol. The fraction of sp³-hybridized carbons (Fsp3) is 0.618. The normalized spacial score (nSPS) is 12.2. The molecule has 0 radical (unpaired) electrons. The summed E-state index contributed by atoms with van der Waals surface area (Å²) in [6.07, 6.45) is 20.1. The average molecular weight is 569 g/mol. The summed E-state index contributed by atoms with van der Waals surface area (Å²) < 4.78 is 5.42. The van der Waals surface area contributed by atoms with Crippen molar-refractivity contribution in [3.8, 4) is 5.75 Å². The molecule has 0 aliphatic carbocycles. The van der Waals surface area contributed by atoms with Crippen LogP contribution in [-0.2, 0) is 0 Å². The van der Waals surface area contributed by atoms with E-state index in [4.69, 9.17) is 4.74 Å². The van der Waals surface area contributed by atoms with Gasteiger partial charge in [0, 0.05) is 28.6 Å². The van der Waals surface area contributed by atoms with Gasteiger partial charge in [-0.3, -0.25) is 0 Å². The van der Waals surface area contributed by atoms with Crippen molar-refractivity contribution in [1.29, 1.82) is 0 Å². The van der Waals surface area contributed by atoms with Gasteiger partial charge in [0.25, 0.3) is 0 Å². The number of ether oxygens (including phenoxy) is 1. The predicted octanol–water partition coefficient (Wildman–Crippen LogP) is 11.1. The number of hydrogen-bond donors (Lipinski definition) is 1. The molecule has 0 saturated heterocycles. The lowest BCUT2D eigenvalue weighted by Gasteiger charge is -2.31. The molecule has 0 fully saturated rings. The average Bonchev–Trinajstić information content (AvgIpc) is 2.96. The Balaban J connectivity index is 1.66. The first kappa shape index (κ1) is 32.2. The number of rotatable bonds is 20. The van der Waals surface area contributed by atoms with Gasteiger partial charge in [-0.15, -0.1) is 0 Å². The predicted molar refractivity (Wildman–Crippen MR) is 171 cm³/mol. The molecule has 0 saturated carbocycles. The quantitative estimate of drug-likeness (QED) is 0.161. The van der Waals surface area contributed by atoms with Gasteiger partial charge in [0.15, 0.2) is 0 Å². The van der Waals surface area contributed by atoms with Crippen LogP contribution in [0.5, 0.6) is 5.75 Å². The smallest absolute Gasteiger partial charge is 0.416 e. The number of methoxy groups -OCH3 is 1. The van der Waals surface area contributed by atoms with Gasteiger partial charge in [0.1, 0.15) is 5.75 Å². The van der Waals surface area contributed by atoms with E-state index in [1.54, 1.807) is 18.9 Å². The zero-order valence-electron chi connectivity index (χ0n) is 25.3. The number of carboxylic acid groups (broad SMARTS) is 1. The van der Waals surface area contributed by atoms with Gasteiger partial charge in [-0.25, -0.2) is 9.69 Å². The van der Waals surface area contributed by atoms with E-state index in [0.717, 1.165) is 34.3 Å². The molecule has 0 aromatic heterocycles. The van der Waals surface area contributed by atoms with E-state index in [2.05, 4.69) is 30.9 Å². The summed E-state index contributed by atoms with van der Waals surface area (Å²) in [7, 11) is 1.64. The summed E-state index contributed by atoms with van der Waals surface area (Å²) in [5.41, 5.74) is 2.63. The molecular weight excluding hydrogens is 516 g/mol. The number of benzene rings is 2. The van der Waals surface area contributed by atoms with Crippen molar-refractivity contribution in [3.63, 3.8) is 0 Å². The number of nitrogens with zero attached hydrogens (tertiary/aromatic N) is 2. The highest BCUT2D eigenvalue weighted by molar-refractivity contribution is 7.99. The standard InChI is InChI=1S/C34H52N2O3S/c1-4-6-8-10-12-14-16-18-24-35(25-19-17-15-13-11-9-7-5-2)28-20-22-30-32(26-28)40-33-27-29(39-3)21-23-31(33)36(30)34(37)38/h20-23,26-27H,4-19,24-25H2,1-3H3,(H,37,38). The SMILES string of the molecule is CCCCCCCCCCN(CCCCCCCCCC)c1ccc2c(c1)Sc1cc(OC)ccc1N2C(=O)O. The van der Waals surface area contributed by atoms with Crippen molar-refractivity contribution in [2.45, 2.75) is 126 Å². The van der Waals surface area contributed by atoms with Crippen LogP contribution in [0.1, 0.15) is 117 Å². The van der Waals surface area contributed by atoms with Crippen LogP contribution in [0.2, 0.25) is 0 Å². The number of anilines is 3. The molecule has 0 atom stereocenters. The molecule has 3 rings (SSSR count). The molecule has 6 heteroatoms. The van der Waals surface area contributed by atoms with Crippen LogP contribution >= 0.6 is 11.8 Å². The second kappa shape index (κ2) is 18.2. The summed E-state index contributed by atoms with van der Waals surface area (Å²) >= 11 is 1.64. The Labute approximate surface area is 247 Å². The zero-order chi connectivity index (χ0) is 28.6. The third kappa shape index (κ3) is 9.94. The summed E-state index contributed by atoms with van der Waals surface area (Å²) in [6.45, 7) is 6.66. The summed E-state index contributed by atoms with van der Waals surface area (Å²) in [4.78, 5) is 18.1. The maximum absolute atomic E-state index is 12.3. The van der Waals surface area contributed by atoms with E-state index in [0.29, 0.717) is 5.69 Å². The van der Waals surface area contributed by atoms with Crippen molar-refractivity contribution < 1.29 is 14.6 Å². The Morgan fingerprint density at radius 1 is 0.725 bits per heavy atom. The number of carbonyl (C=O) groups is 1. The third-order valence-corrected chi connectivity index (χ3v) is 9.03. The van der Waals surface area contributed by atoms with Crippen molar-refractivity contribution >= 4 is 34.9 Å². The third-order valence-electron chi connectivity index (χ3n) is 7.93. The van der Waals surface area contributed by atoms with Gasteiger partial charge in [-0.1, -0.05) is 116 Å². The minimum atomic E-state index is -0.963. The van der Waals surface area contributed by atoms with E-state index < -0.39 is 6.09 Å². The van der Waals surface area contributed by atoms with Crippen LogP contribution in [-0.4, -0.2) is 31.4 Å². The number of amides is 1. The van der Waals surface area contributed by atoms with E-state index in [-0.39, 0.29) is 0 Å². The van der Waals surface area contributed by atoms with Crippen molar-refractivity contribution in [1.82, 2.24) is 0 Å². The van der Waals surface area contributed by atoms with E-state index in [1.807, 2.05) is 24.3 Å². The van der Waals surface area contributed by atoms with Crippen LogP contribution in [0.25, 0.3) is 0 Å². The summed E-state index contributed by atoms with van der Waals surface area (Å²) in [5, 5.41) is 10.1. The fourth-order valence-corrected chi connectivity index (χ4v) is 6.67. The lowest BCUT2D eigenvalue weighted by atomic mass is 10.1. The van der Waals surface area contributed by atoms with Gasteiger partial charge in [-0.05, 0) is 49.2 Å². The molecule has 222 valence electrons. The number of unbranched alkanes of at least 4 members (excludes halogenated alkanes) is 14. The van der Waals surface area contributed by atoms with Gasteiger partial charge in [0.05, 0.1) is 18.5 Å². The van der Waals surface area contributed by atoms with E-state index in [1.165, 1.54) is 113 Å². The molecule has 1 heterocycles. The van der Waals surface area contributed by atoms with Gasteiger partial charge < -0.3 is 14.7 Å². The highest BCUT2D eigenvalue weighted by Gasteiger charge is 2.29. The molecule has 1 amide bonds. The van der Waals surface area contributed by atoms with Crippen molar-refractivity contribution in [3.05, 3.63) is 36.4 Å². The molecule has 0 unspecified atom stereocenters. The first-order valence-corrected chi connectivity index (χ1v) is 16.7. The summed E-state index contributed by atoms with van der Waals surface area (Å²) in [6, 6.07) is 11.9. The van der Waals surface area contributed by atoms with Crippen molar-refractivity contribution in [2.75, 3.05) is 30.0 Å². The highest BCUT2D eigenvalue weighted by atomic mass is 32.2. The van der Waals surface area contributed by atoms with Crippen LogP contribution in [0.15, 0.2) is 46.2 Å². The minimum Gasteiger partial charge on any atom is -0.497 e. The molecule has 1 aliphatic heterocycles. The van der Waals surface area contributed by atoms with Crippen LogP contribution in [0.4, 0.5) is 21.9 Å². The van der Waals surface area contributed by atoms with E-state index in [9.17, 15) is 9.90 Å². The Morgan fingerprint density at radius 3 is 1.70 bits per heavy atom. The molecule has 1 N–H and O–H groups in total.